The summed E-state index contributed by atoms with van der Waals surface area (Å²) >= 11 is 0. The average Bonchev–Trinajstić information content (AvgIpc) is 2.48. The molecule has 0 saturated carbocycles. The molecule has 0 radical (unpaired) electrons. The number of nitrogens with zero attached hydrogens (tertiary/aromatic N) is 2. The number of carboxylic acids is 1. The van der Waals surface area contributed by atoms with Crippen molar-refractivity contribution in [3.8, 4) is 0 Å². The summed E-state index contributed by atoms with van der Waals surface area (Å²) in [6.45, 7) is 2.75. The SMILES string of the molecule is CN(C)C1CCN(CCC(=O)O)C1. The molecular weight excluding hydrogens is 168 g/mol. The first-order valence-corrected chi connectivity index (χ1v) is 4.70. The number of carboxylic acid groups (broad SMARTS) is 1. The lowest BCUT2D eigenvalue weighted by molar-refractivity contribution is -0.137. The molecule has 4 heteroatoms. The minimum atomic E-state index is -0.701. The van der Waals surface area contributed by atoms with Crippen molar-refractivity contribution in [2.24, 2.45) is 0 Å². The molecule has 1 rings (SSSR count). The predicted molar refractivity (Wildman–Crippen MR) is 50.8 cm³/mol. The lowest BCUT2D eigenvalue weighted by Crippen LogP contribution is -2.32. The van der Waals surface area contributed by atoms with Gasteiger partial charge in [-0.15, -0.1) is 0 Å². The van der Waals surface area contributed by atoms with E-state index in [1.165, 1.54) is 0 Å². The van der Waals surface area contributed by atoms with Crippen LogP contribution in [0.3, 0.4) is 0 Å². The average molecular weight is 186 g/mol. The summed E-state index contributed by atoms with van der Waals surface area (Å²) < 4.78 is 0. The van der Waals surface area contributed by atoms with Crippen molar-refractivity contribution in [3.63, 3.8) is 0 Å². The molecule has 13 heavy (non-hydrogen) atoms. The molecule has 1 aliphatic rings. The Bertz CT molecular complexity index is 182. The highest BCUT2D eigenvalue weighted by Gasteiger charge is 2.23. The summed E-state index contributed by atoms with van der Waals surface area (Å²) in [6, 6.07) is 0.605. The fourth-order valence-electron chi connectivity index (χ4n) is 1.69. The third-order valence-corrected chi connectivity index (χ3v) is 2.62. The molecule has 1 N–H and O–H groups in total. The summed E-state index contributed by atoms with van der Waals surface area (Å²) in [4.78, 5) is 14.8. The highest BCUT2D eigenvalue weighted by molar-refractivity contribution is 5.66. The summed E-state index contributed by atoms with van der Waals surface area (Å²) in [5.41, 5.74) is 0. The monoisotopic (exact) mass is 186 g/mol. The van der Waals surface area contributed by atoms with Crippen LogP contribution >= 0.6 is 0 Å². The van der Waals surface area contributed by atoms with Gasteiger partial charge in [-0.2, -0.15) is 0 Å². The molecule has 1 heterocycles. The molecule has 0 aromatic carbocycles. The second kappa shape index (κ2) is 4.58. The Hall–Kier alpha value is -0.610. The van der Waals surface area contributed by atoms with E-state index < -0.39 is 5.97 Å². The van der Waals surface area contributed by atoms with E-state index in [1.807, 2.05) is 0 Å². The first-order chi connectivity index (χ1) is 6.09. The van der Waals surface area contributed by atoms with Crippen molar-refractivity contribution in [2.75, 3.05) is 33.7 Å². The summed E-state index contributed by atoms with van der Waals surface area (Å²) in [7, 11) is 4.15. The molecule has 1 unspecified atom stereocenters. The van der Waals surface area contributed by atoms with Crippen molar-refractivity contribution in [3.05, 3.63) is 0 Å². The Kier molecular flexibility index (Phi) is 3.69. The van der Waals surface area contributed by atoms with Crippen LogP contribution in [0.25, 0.3) is 0 Å². The molecule has 1 fully saturated rings. The third-order valence-electron chi connectivity index (χ3n) is 2.62. The summed E-state index contributed by atoms with van der Waals surface area (Å²) in [5, 5.41) is 8.51. The first kappa shape index (κ1) is 10.5. The predicted octanol–water partition coefficient (Wildman–Crippen LogP) is 0.0970. The number of hydrogen-bond acceptors (Lipinski definition) is 3. The van der Waals surface area contributed by atoms with Crippen LogP contribution in [0.4, 0.5) is 0 Å². The number of hydrogen-bond donors (Lipinski definition) is 1. The van der Waals surface area contributed by atoms with Crippen LogP contribution in [-0.4, -0.2) is 60.6 Å². The van der Waals surface area contributed by atoms with Gasteiger partial charge in [0.15, 0.2) is 0 Å². The van der Waals surface area contributed by atoms with Crippen LogP contribution in [0.1, 0.15) is 12.8 Å². The molecule has 0 aliphatic carbocycles. The van der Waals surface area contributed by atoms with Gasteiger partial charge < -0.3 is 14.9 Å². The van der Waals surface area contributed by atoms with Crippen LogP contribution in [0.2, 0.25) is 0 Å². The fourth-order valence-corrected chi connectivity index (χ4v) is 1.69. The zero-order valence-corrected chi connectivity index (χ0v) is 8.36. The van der Waals surface area contributed by atoms with Crippen LogP contribution in [0.5, 0.6) is 0 Å². The standard InChI is InChI=1S/C9H18N2O2/c1-10(2)8-3-5-11(7-8)6-4-9(12)13/h8H,3-7H2,1-2H3,(H,12,13). The molecule has 0 amide bonds. The minimum Gasteiger partial charge on any atom is -0.481 e. The molecule has 4 nitrogen and oxygen atoms in total. The van der Waals surface area contributed by atoms with E-state index in [1.54, 1.807) is 0 Å². The normalized spacial score (nSPS) is 24.1. The van der Waals surface area contributed by atoms with Gasteiger partial charge in [0, 0.05) is 19.1 Å². The number of rotatable bonds is 4. The molecule has 0 aromatic heterocycles. The zero-order valence-electron chi connectivity index (χ0n) is 8.36. The topological polar surface area (TPSA) is 43.8 Å². The second-order valence-electron chi connectivity index (χ2n) is 3.85. The maximum absolute atomic E-state index is 10.3. The maximum atomic E-state index is 10.3. The summed E-state index contributed by atoms with van der Waals surface area (Å²) in [6.07, 6.45) is 1.42. The van der Waals surface area contributed by atoms with E-state index in [9.17, 15) is 4.79 Å². The number of likely N-dealkylation sites (N-methyl/N-ethyl adjacent to an activating group) is 1. The quantitative estimate of drug-likeness (QED) is 0.676. The van der Waals surface area contributed by atoms with E-state index in [2.05, 4.69) is 23.9 Å². The molecule has 76 valence electrons. The molecule has 0 aromatic rings. The van der Waals surface area contributed by atoms with E-state index in [0.717, 1.165) is 19.5 Å². The van der Waals surface area contributed by atoms with Crippen molar-refractivity contribution < 1.29 is 9.90 Å². The van der Waals surface area contributed by atoms with Gasteiger partial charge in [0.1, 0.15) is 0 Å². The Balaban J connectivity index is 2.21. The Morgan fingerprint density at radius 2 is 2.31 bits per heavy atom. The van der Waals surface area contributed by atoms with Crippen LogP contribution in [0, 0.1) is 0 Å². The van der Waals surface area contributed by atoms with Gasteiger partial charge in [0.05, 0.1) is 6.42 Å². The molecule has 0 spiro atoms. The van der Waals surface area contributed by atoms with Crippen LogP contribution < -0.4 is 0 Å². The van der Waals surface area contributed by atoms with Gasteiger partial charge in [0.2, 0.25) is 0 Å². The maximum Gasteiger partial charge on any atom is 0.304 e. The van der Waals surface area contributed by atoms with Crippen molar-refractivity contribution >= 4 is 5.97 Å². The Morgan fingerprint density at radius 1 is 1.62 bits per heavy atom. The molecule has 0 bridgehead atoms. The van der Waals surface area contributed by atoms with Crippen molar-refractivity contribution in [1.82, 2.24) is 9.80 Å². The van der Waals surface area contributed by atoms with E-state index >= 15 is 0 Å². The van der Waals surface area contributed by atoms with Crippen LogP contribution in [0.15, 0.2) is 0 Å². The lowest BCUT2D eigenvalue weighted by atomic mass is 10.2. The second-order valence-corrected chi connectivity index (χ2v) is 3.85. The highest BCUT2D eigenvalue weighted by Crippen LogP contribution is 2.12. The first-order valence-electron chi connectivity index (χ1n) is 4.70. The lowest BCUT2D eigenvalue weighted by Gasteiger charge is -2.19. The highest BCUT2D eigenvalue weighted by atomic mass is 16.4. The largest absolute Gasteiger partial charge is 0.481 e. The Labute approximate surface area is 79.1 Å². The molecular formula is C9H18N2O2. The fraction of sp³-hybridized carbons (Fsp3) is 0.889. The van der Waals surface area contributed by atoms with E-state index in [0.29, 0.717) is 12.6 Å². The van der Waals surface area contributed by atoms with Gasteiger partial charge in [-0.25, -0.2) is 0 Å². The van der Waals surface area contributed by atoms with Crippen molar-refractivity contribution in [2.45, 2.75) is 18.9 Å². The van der Waals surface area contributed by atoms with Gasteiger partial charge in [-0.1, -0.05) is 0 Å². The number of carbonyl (C=O) groups is 1. The van der Waals surface area contributed by atoms with Gasteiger partial charge in [-0.3, -0.25) is 4.79 Å². The molecule has 1 atom stereocenters. The van der Waals surface area contributed by atoms with Crippen LogP contribution in [-0.2, 0) is 4.79 Å². The minimum absolute atomic E-state index is 0.264. The number of likely N-dealkylation sites (tertiary alicyclic amines) is 1. The van der Waals surface area contributed by atoms with Gasteiger partial charge in [0.25, 0.3) is 0 Å². The third kappa shape index (κ3) is 3.32. The Morgan fingerprint density at radius 3 is 2.77 bits per heavy atom. The van der Waals surface area contributed by atoms with Gasteiger partial charge in [-0.05, 0) is 27.1 Å². The molecule has 1 aliphatic heterocycles. The summed E-state index contributed by atoms with van der Waals surface area (Å²) in [5.74, 6) is -0.701. The van der Waals surface area contributed by atoms with E-state index in [4.69, 9.17) is 5.11 Å². The number of aliphatic carboxylic acids is 1. The van der Waals surface area contributed by atoms with Gasteiger partial charge >= 0.3 is 5.97 Å². The van der Waals surface area contributed by atoms with E-state index in [-0.39, 0.29) is 6.42 Å². The zero-order chi connectivity index (χ0) is 9.84. The van der Waals surface area contributed by atoms with Crippen molar-refractivity contribution in [1.29, 1.82) is 0 Å². The smallest absolute Gasteiger partial charge is 0.304 e. The molecule has 1 saturated heterocycles.